The van der Waals surface area contributed by atoms with Crippen molar-refractivity contribution in [3.8, 4) is 0 Å². The van der Waals surface area contributed by atoms with Gasteiger partial charge >= 0.3 is 11.9 Å². The third kappa shape index (κ3) is 12.6. The normalized spacial score (nSPS) is 12.4. The molecular weight excluding hydrogens is 897 g/mol. The van der Waals surface area contributed by atoms with Crippen molar-refractivity contribution in [2.45, 2.75) is 64.7 Å². The number of aliphatic hydroxyl groups excluding tert-OH is 1. The van der Waals surface area contributed by atoms with Crippen LogP contribution in [0.25, 0.3) is 22.3 Å². The Morgan fingerprint density at radius 2 is 0.857 bits per heavy atom. The summed E-state index contributed by atoms with van der Waals surface area (Å²) in [5.41, 5.74) is 3.41. The van der Waals surface area contributed by atoms with Crippen LogP contribution in [0.1, 0.15) is 93.9 Å². The molecule has 0 saturated carbocycles. The van der Waals surface area contributed by atoms with E-state index in [1.54, 1.807) is 119 Å². The van der Waals surface area contributed by atoms with Gasteiger partial charge < -0.3 is 34.7 Å². The molecule has 0 aliphatic rings. The van der Waals surface area contributed by atoms with E-state index in [0.29, 0.717) is 51.0 Å². The van der Waals surface area contributed by atoms with Gasteiger partial charge in [-0.1, -0.05) is 93.6 Å². The molecule has 2 amide bonds. The Labute approximate surface area is 402 Å². The molecule has 4 aromatic heterocycles. The number of hydrogen-bond acceptors (Lipinski definition) is 15. The number of fused-ring (bicyclic) bond motifs is 2. The lowest BCUT2D eigenvalue weighted by molar-refractivity contribution is -0.0988. The Kier molecular flexibility index (Phi) is 17.5. The first-order chi connectivity index (χ1) is 34.2. The van der Waals surface area contributed by atoms with Crippen LogP contribution in [0.5, 0.6) is 0 Å². The molecule has 4 aromatic carbocycles. The van der Waals surface area contributed by atoms with E-state index >= 15 is 0 Å². The summed E-state index contributed by atoms with van der Waals surface area (Å²) in [6, 6.07) is 35.0. The standard InChI is InChI=1S/C26H27N5O4.C25H25N5O5/c1-3-20(4-2)35-21(15-34-26(33)19-13-9-6-10-14-19)31-17-29-22-23(27-16-28-24(22)31)30-25(32)18-11-7-5-8-12-18;1-2-19(13-31)35-20(14-34-25(33)18-11-7-4-8-12-18)30-16-28-21-22(26-15-27-23(21)30)29-24(32)17-9-5-3-6-10-17/h5-14,16-17,20-21H,3-4,15H2,1-2H3,(H,27,28,30,32);3-12,15-16,19-20,31H,2,13-14H2,1H3,(H,26,27,29,32)/t21-;19-,20-/m11/s1. The number of anilines is 2. The zero-order valence-corrected chi connectivity index (χ0v) is 38.7. The molecule has 360 valence electrons. The number of amides is 2. The Morgan fingerprint density at radius 3 is 1.21 bits per heavy atom. The van der Waals surface area contributed by atoms with Crippen molar-refractivity contribution in [2.24, 2.45) is 0 Å². The van der Waals surface area contributed by atoms with Gasteiger partial charge in [0.15, 0.2) is 46.4 Å². The third-order valence-corrected chi connectivity index (χ3v) is 10.9. The summed E-state index contributed by atoms with van der Waals surface area (Å²) in [5.74, 6) is -1.08. The highest BCUT2D eigenvalue weighted by Gasteiger charge is 2.26. The van der Waals surface area contributed by atoms with E-state index in [9.17, 15) is 24.3 Å². The highest BCUT2D eigenvalue weighted by molar-refractivity contribution is 6.07. The number of benzene rings is 4. The number of carbonyl (C=O) groups is 4. The van der Waals surface area contributed by atoms with Gasteiger partial charge in [0.05, 0.1) is 42.6 Å². The summed E-state index contributed by atoms with van der Waals surface area (Å²) in [7, 11) is 0. The molecule has 19 heteroatoms. The summed E-state index contributed by atoms with van der Waals surface area (Å²) in [4.78, 5) is 76.1. The summed E-state index contributed by atoms with van der Waals surface area (Å²) >= 11 is 0. The SMILES string of the molecule is CCC(CC)O[C@H](COC(=O)c1ccccc1)n1cnc2c(NC(=O)c3ccccc3)ncnc21.CC[C@H](CO)O[C@H](COC(=O)c1ccccc1)n1cnc2c(NC(=O)c3ccccc3)ncnc21. The van der Waals surface area contributed by atoms with Gasteiger partial charge in [-0.2, -0.15) is 0 Å². The van der Waals surface area contributed by atoms with Crippen LogP contribution in [0.4, 0.5) is 11.6 Å². The quantitative estimate of drug-likeness (QED) is 0.0617. The number of hydrogen-bond donors (Lipinski definition) is 3. The molecule has 0 unspecified atom stereocenters. The number of aromatic nitrogens is 8. The fourth-order valence-corrected chi connectivity index (χ4v) is 7.02. The Hall–Kier alpha value is -8.26. The van der Waals surface area contributed by atoms with E-state index in [1.807, 2.05) is 39.0 Å². The first-order valence-electron chi connectivity index (χ1n) is 22.6. The smallest absolute Gasteiger partial charge is 0.338 e. The average molecular weight is 949 g/mol. The average Bonchev–Trinajstić information content (AvgIpc) is 4.06. The number of rotatable bonds is 20. The molecule has 19 nitrogen and oxygen atoms in total. The monoisotopic (exact) mass is 948 g/mol. The molecular formula is C51H52N10O9. The molecule has 8 aromatic rings. The second kappa shape index (κ2) is 24.7. The number of carbonyl (C=O) groups excluding carboxylic acids is 4. The van der Waals surface area contributed by atoms with Gasteiger partial charge in [0, 0.05) is 11.1 Å². The molecule has 0 aliphatic heterocycles. The van der Waals surface area contributed by atoms with E-state index in [-0.39, 0.29) is 49.4 Å². The maximum Gasteiger partial charge on any atom is 0.338 e. The summed E-state index contributed by atoms with van der Waals surface area (Å²) < 4.78 is 26.7. The molecule has 0 aliphatic carbocycles. The Balaban J connectivity index is 0.000000206. The summed E-state index contributed by atoms with van der Waals surface area (Å²) in [6.45, 7) is 5.55. The van der Waals surface area contributed by atoms with Crippen LogP contribution in [0, 0.1) is 0 Å². The molecule has 70 heavy (non-hydrogen) atoms. The largest absolute Gasteiger partial charge is 0.457 e. The second-order valence-electron chi connectivity index (χ2n) is 15.5. The lowest BCUT2D eigenvalue weighted by Crippen LogP contribution is -2.27. The molecule has 0 radical (unpaired) electrons. The third-order valence-electron chi connectivity index (χ3n) is 10.9. The second-order valence-corrected chi connectivity index (χ2v) is 15.5. The van der Waals surface area contributed by atoms with Crippen molar-refractivity contribution < 1.29 is 43.2 Å². The van der Waals surface area contributed by atoms with Gasteiger partial charge in [-0.15, -0.1) is 0 Å². The first kappa shape index (κ1) is 49.6. The minimum atomic E-state index is -0.822. The molecule has 3 N–H and O–H groups in total. The zero-order chi connectivity index (χ0) is 49.2. The highest BCUT2D eigenvalue weighted by Crippen LogP contribution is 2.26. The molecule has 3 atom stereocenters. The first-order valence-corrected chi connectivity index (χ1v) is 22.6. The lowest BCUT2D eigenvalue weighted by atomic mass is 10.2. The maximum atomic E-state index is 12.6. The van der Waals surface area contributed by atoms with Gasteiger partial charge in [-0.05, 0) is 67.8 Å². The number of esters is 2. The number of aliphatic hydroxyl groups is 1. The van der Waals surface area contributed by atoms with Crippen molar-refractivity contribution in [3.63, 3.8) is 0 Å². The molecule has 0 spiro atoms. The Morgan fingerprint density at radius 1 is 0.500 bits per heavy atom. The van der Waals surface area contributed by atoms with Crippen LogP contribution in [-0.4, -0.2) is 99.9 Å². The molecule has 4 heterocycles. The molecule has 0 bridgehead atoms. The van der Waals surface area contributed by atoms with Crippen molar-refractivity contribution >= 4 is 57.7 Å². The van der Waals surface area contributed by atoms with Crippen LogP contribution >= 0.6 is 0 Å². The van der Waals surface area contributed by atoms with Gasteiger partial charge in [0.2, 0.25) is 0 Å². The number of imidazole rings is 2. The lowest BCUT2D eigenvalue weighted by Gasteiger charge is -2.24. The Bertz CT molecular complexity index is 2750. The molecule has 0 fully saturated rings. The predicted octanol–water partition coefficient (Wildman–Crippen LogP) is 7.86. The van der Waals surface area contributed by atoms with Gasteiger partial charge in [0.25, 0.3) is 11.8 Å². The van der Waals surface area contributed by atoms with E-state index in [0.717, 1.165) is 12.8 Å². The topological polar surface area (TPSA) is 237 Å². The minimum Gasteiger partial charge on any atom is -0.457 e. The van der Waals surface area contributed by atoms with Gasteiger partial charge in [-0.3, -0.25) is 18.7 Å². The van der Waals surface area contributed by atoms with Crippen molar-refractivity contribution in [2.75, 3.05) is 30.5 Å². The van der Waals surface area contributed by atoms with Crippen molar-refractivity contribution in [1.29, 1.82) is 0 Å². The van der Waals surface area contributed by atoms with E-state index in [4.69, 9.17) is 18.9 Å². The van der Waals surface area contributed by atoms with Crippen LogP contribution in [0.2, 0.25) is 0 Å². The van der Waals surface area contributed by atoms with Gasteiger partial charge in [-0.25, -0.2) is 39.5 Å². The van der Waals surface area contributed by atoms with Crippen LogP contribution in [-0.2, 0) is 18.9 Å². The zero-order valence-electron chi connectivity index (χ0n) is 38.7. The van der Waals surface area contributed by atoms with Crippen molar-refractivity contribution in [3.05, 3.63) is 169 Å². The maximum absolute atomic E-state index is 12.6. The highest BCUT2D eigenvalue weighted by atomic mass is 16.6. The summed E-state index contributed by atoms with van der Waals surface area (Å²) in [5, 5.41) is 15.2. The number of ether oxygens (including phenoxy) is 4. The van der Waals surface area contributed by atoms with E-state index in [1.165, 1.54) is 19.0 Å². The molecule has 0 saturated heterocycles. The predicted molar refractivity (Wildman–Crippen MR) is 259 cm³/mol. The fourth-order valence-electron chi connectivity index (χ4n) is 7.02. The summed E-state index contributed by atoms with van der Waals surface area (Å²) in [6.07, 6.45) is 5.78. The van der Waals surface area contributed by atoms with Gasteiger partial charge in [0.1, 0.15) is 25.9 Å². The molecule has 8 rings (SSSR count). The number of nitrogens with one attached hydrogen (secondary N) is 2. The fraction of sp³-hybridized carbons (Fsp3) is 0.255. The van der Waals surface area contributed by atoms with Crippen LogP contribution in [0.3, 0.4) is 0 Å². The van der Waals surface area contributed by atoms with E-state index < -0.39 is 30.5 Å². The van der Waals surface area contributed by atoms with Crippen LogP contribution < -0.4 is 10.6 Å². The number of nitrogens with zero attached hydrogens (tertiary/aromatic N) is 8. The van der Waals surface area contributed by atoms with Crippen molar-refractivity contribution in [1.82, 2.24) is 39.0 Å². The minimum absolute atomic E-state index is 0.0363. The van der Waals surface area contributed by atoms with E-state index in [2.05, 4.69) is 40.5 Å². The van der Waals surface area contributed by atoms with Crippen LogP contribution in [0.15, 0.2) is 147 Å².